The molecule has 0 saturated heterocycles. The minimum atomic E-state index is -0.299. The van der Waals surface area contributed by atoms with Crippen molar-refractivity contribution in [1.82, 2.24) is 0 Å². The number of hydrogen-bond donors (Lipinski definition) is 0. The SMILES string of the molecule is O=[N+]([O-])/C=C1\C[C@H]2CCCC[C@H]2C1. The first-order valence-corrected chi connectivity index (χ1v) is 5.09. The summed E-state index contributed by atoms with van der Waals surface area (Å²) in [4.78, 5) is 9.99. The lowest BCUT2D eigenvalue weighted by Crippen LogP contribution is -2.12. The molecular formula is C10H15NO2. The van der Waals surface area contributed by atoms with Crippen LogP contribution in [-0.4, -0.2) is 4.92 Å². The maximum atomic E-state index is 10.3. The van der Waals surface area contributed by atoms with Crippen LogP contribution in [0, 0.1) is 22.0 Å². The van der Waals surface area contributed by atoms with Crippen molar-refractivity contribution < 1.29 is 4.92 Å². The van der Waals surface area contributed by atoms with E-state index in [4.69, 9.17) is 0 Å². The fourth-order valence-corrected chi connectivity index (χ4v) is 2.83. The van der Waals surface area contributed by atoms with E-state index in [1.807, 2.05) is 0 Å². The summed E-state index contributed by atoms with van der Waals surface area (Å²) < 4.78 is 0. The van der Waals surface area contributed by atoms with Crippen LogP contribution in [0.25, 0.3) is 0 Å². The van der Waals surface area contributed by atoms with Gasteiger partial charge in [-0.3, -0.25) is 10.1 Å². The van der Waals surface area contributed by atoms with Crippen molar-refractivity contribution in [3.05, 3.63) is 21.9 Å². The van der Waals surface area contributed by atoms with E-state index < -0.39 is 0 Å². The van der Waals surface area contributed by atoms with E-state index >= 15 is 0 Å². The van der Waals surface area contributed by atoms with Crippen molar-refractivity contribution in [3.8, 4) is 0 Å². The molecule has 0 radical (unpaired) electrons. The van der Waals surface area contributed by atoms with Gasteiger partial charge in [-0.25, -0.2) is 0 Å². The lowest BCUT2D eigenvalue weighted by Gasteiger charge is -2.23. The van der Waals surface area contributed by atoms with Crippen molar-refractivity contribution in [3.63, 3.8) is 0 Å². The zero-order valence-electron chi connectivity index (χ0n) is 7.74. The van der Waals surface area contributed by atoms with Crippen molar-refractivity contribution in [2.75, 3.05) is 0 Å². The lowest BCUT2D eigenvalue weighted by atomic mass is 9.82. The van der Waals surface area contributed by atoms with E-state index in [1.54, 1.807) is 0 Å². The Kier molecular flexibility index (Phi) is 2.34. The van der Waals surface area contributed by atoms with Gasteiger partial charge in [-0.2, -0.15) is 0 Å². The molecule has 0 amide bonds. The summed E-state index contributed by atoms with van der Waals surface area (Å²) in [5, 5.41) is 10.3. The molecule has 2 fully saturated rings. The summed E-state index contributed by atoms with van der Waals surface area (Å²) in [6, 6.07) is 0. The molecule has 0 aromatic carbocycles. The number of fused-ring (bicyclic) bond motifs is 1. The summed E-state index contributed by atoms with van der Waals surface area (Å²) in [5.74, 6) is 1.53. The molecule has 0 spiro atoms. The van der Waals surface area contributed by atoms with Crippen LogP contribution >= 0.6 is 0 Å². The Morgan fingerprint density at radius 1 is 1.23 bits per heavy atom. The van der Waals surface area contributed by atoms with Crippen LogP contribution in [0.4, 0.5) is 0 Å². The topological polar surface area (TPSA) is 43.1 Å². The highest BCUT2D eigenvalue weighted by Crippen LogP contribution is 2.44. The zero-order valence-corrected chi connectivity index (χ0v) is 7.74. The Hall–Kier alpha value is -0.860. The predicted molar refractivity (Wildman–Crippen MR) is 49.8 cm³/mol. The normalized spacial score (nSPS) is 36.2. The van der Waals surface area contributed by atoms with Crippen molar-refractivity contribution in [1.29, 1.82) is 0 Å². The first-order valence-electron chi connectivity index (χ1n) is 5.09. The third kappa shape index (κ3) is 1.90. The van der Waals surface area contributed by atoms with Crippen LogP contribution in [0.5, 0.6) is 0 Å². The van der Waals surface area contributed by atoms with Gasteiger partial charge in [-0.1, -0.05) is 12.8 Å². The van der Waals surface area contributed by atoms with E-state index in [9.17, 15) is 10.1 Å². The molecule has 2 aliphatic rings. The first-order chi connectivity index (χ1) is 6.25. The molecule has 2 saturated carbocycles. The minimum absolute atomic E-state index is 0.299. The third-order valence-corrected chi connectivity index (χ3v) is 3.40. The van der Waals surface area contributed by atoms with Gasteiger partial charge >= 0.3 is 0 Å². The second-order valence-electron chi connectivity index (χ2n) is 4.29. The molecule has 0 heterocycles. The smallest absolute Gasteiger partial charge is 0.233 e. The number of nitrogens with zero attached hydrogens (tertiary/aromatic N) is 1. The standard InChI is InChI=1S/C10H15NO2/c12-11(13)7-8-5-9-3-1-2-4-10(9)6-8/h7,9-10H,1-6H2/b8-7-/t9-,10+/m0/s1. The molecule has 0 aromatic rings. The molecule has 0 N–H and O–H groups in total. The average molecular weight is 181 g/mol. The van der Waals surface area contributed by atoms with Gasteiger partial charge in [0.2, 0.25) is 6.20 Å². The number of rotatable bonds is 1. The van der Waals surface area contributed by atoms with Crippen LogP contribution in [0.1, 0.15) is 38.5 Å². The van der Waals surface area contributed by atoms with Crippen LogP contribution in [0.3, 0.4) is 0 Å². The van der Waals surface area contributed by atoms with Gasteiger partial charge < -0.3 is 0 Å². The predicted octanol–water partition coefficient (Wildman–Crippen LogP) is 2.75. The number of allylic oxidation sites excluding steroid dienone is 1. The second kappa shape index (κ2) is 3.48. The monoisotopic (exact) mass is 181 g/mol. The van der Waals surface area contributed by atoms with Crippen molar-refractivity contribution >= 4 is 0 Å². The van der Waals surface area contributed by atoms with Crippen molar-refractivity contribution in [2.45, 2.75) is 38.5 Å². The first kappa shape index (κ1) is 8.73. The Morgan fingerprint density at radius 2 is 1.77 bits per heavy atom. The molecule has 0 unspecified atom stereocenters. The minimum Gasteiger partial charge on any atom is -0.259 e. The molecule has 2 atom stereocenters. The molecule has 3 nitrogen and oxygen atoms in total. The fourth-order valence-electron chi connectivity index (χ4n) is 2.83. The second-order valence-corrected chi connectivity index (χ2v) is 4.29. The Labute approximate surface area is 78.0 Å². The van der Waals surface area contributed by atoms with E-state index in [2.05, 4.69) is 0 Å². The molecule has 13 heavy (non-hydrogen) atoms. The van der Waals surface area contributed by atoms with Crippen LogP contribution in [-0.2, 0) is 0 Å². The highest BCUT2D eigenvalue weighted by Gasteiger charge is 2.33. The summed E-state index contributed by atoms with van der Waals surface area (Å²) >= 11 is 0. The third-order valence-electron chi connectivity index (χ3n) is 3.40. The van der Waals surface area contributed by atoms with Gasteiger partial charge in [-0.15, -0.1) is 0 Å². The molecule has 0 bridgehead atoms. The quantitative estimate of drug-likeness (QED) is 0.461. The number of hydrogen-bond acceptors (Lipinski definition) is 2. The largest absolute Gasteiger partial charge is 0.259 e. The highest BCUT2D eigenvalue weighted by molar-refractivity contribution is 5.08. The average Bonchev–Trinajstić information content (AvgIpc) is 2.44. The maximum Gasteiger partial charge on any atom is 0.233 e. The molecule has 3 heteroatoms. The summed E-state index contributed by atoms with van der Waals surface area (Å²) in [5.41, 5.74) is 1.07. The van der Waals surface area contributed by atoms with Crippen LogP contribution in [0.15, 0.2) is 11.8 Å². The Morgan fingerprint density at radius 3 is 2.23 bits per heavy atom. The zero-order chi connectivity index (χ0) is 9.26. The highest BCUT2D eigenvalue weighted by atomic mass is 16.6. The fraction of sp³-hybridized carbons (Fsp3) is 0.800. The Bertz CT molecular complexity index is 231. The summed E-state index contributed by atoms with van der Waals surface area (Å²) in [6.45, 7) is 0. The van der Waals surface area contributed by atoms with E-state index in [0.717, 1.165) is 30.3 Å². The Balaban J connectivity index is 2.02. The molecule has 0 aromatic heterocycles. The van der Waals surface area contributed by atoms with Gasteiger partial charge in [0, 0.05) is 5.57 Å². The lowest BCUT2D eigenvalue weighted by molar-refractivity contribution is -0.403. The van der Waals surface area contributed by atoms with E-state index in [0.29, 0.717) is 0 Å². The van der Waals surface area contributed by atoms with Crippen molar-refractivity contribution in [2.24, 2.45) is 11.8 Å². The molecule has 2 aliphatic carbocycles. The number of nitro groups is 1. The van der Waals surface area contributed by atoms with Crippen LogP contribution in [0.2, 0.25) is 0 Å². The van der Waals surface area contributed by atoms with Gasteiger partial charge in [0.25, 0.3) is 0 Å². The van der Waals surface area contributed by atoms with Gasteiger partial charge in [-0.05, 0) is 37.5 Å². The summed E-state index contributed by atoms with van der Waals surface area (Å²) in [6.07, 6.45) is 8.45. The van der Waals surface area contributed by atoms with Gasteiger partial charge in [0.15, 0.2) is 0 Å². The van der Waals surface area contributed by atoms with Crippen LogP contribution < -0.4 is 0 Å². The molecule has 72 valence electrons. The molecule has 0 aliphatic heterocycles. The van der Waals surface area contributed by atoms with Gasteiger partial charge in [0.05, 0.1) is 4.92 Å². The van der Waals surface area contributed by atoms with Gasteiger partial charge in [0.1, 0.15) is 0 Å². The summed E-state index contributed by atoms with van der Waals surface area (Å²) in [7, 11) is 0. The molecular weight excluding hydrogens is 166 g/mol. The molecule has 2 rings (SSSR count). The van der Waals surface area contributed by atoms with E-state index in [1.165, 1.54) is 31.9 Å². The maximum absolute atomic E-state index is 10.3. The van der Waals surface area contributed by atoms with E-state index in [-0.39, 0.29) is 4.92 Å².